The zero-order chi connectivity index (χ0) is 16.3. The Bertz CT molecular complexity index is 399. The molecular weight excluding hydrogens is 291 g/mol. The molecule has 1 aliphatic heterocycles. The van der Waals surface area contributed by atoms with E-state index in [4.69, 9.17) is 10.5 Å². The van der Waals surface area contributed by atoms with E-state index in [1.54, 1.807) is 0 Å². The molecule has 0 aromatic heterocycles. The highest BCUT2D eigenvalue weighted by Crippen LogP contribution is 2.30. The lowest BCUT2D eigenvalue weighted by Gasteiger charge is -2.39. The van der Waals surface area contributed by atoms with Crippen LogP contribution in [-0.2, 0) is 14.3 Å². The summed E-state index contributed by atoms with van der Waals surface area (Å²) in [4.78, 5) is 24.9. The molecule has 21 heavy (non-hydrogen) atoms. The molecule has 0 aromatic rings. The highest BCUT2D eigenvalue weighted by Gasteiger charge is 2.56. The predicted octanol–water partition coefficient (Wildman–Crippen LogP) is 0.0197. The number of nitrogens with two attached hydrogens (primary N) is 1. The van der Waals surface area contributed by atoms with E-state index in [9.17, 15) is 22.8 Å². The van der Waals surface area contributed by atoms with Crippen LogP contribution < -0.4 is 11.1 Å². The van der Waals surface area contributed by atoms with Gasteiger partial charge in [0, 0.05) is 13.1 Å². The normalized spacial score (nSPS) is 22.6. The summed E-state index contributed by atoms with van der Waals surface area (Å²) in [6, 6.07) is -1.09. The Morgan fingerprint density at radius 2 is 2.05 bits per heavy atom. The Hall–Kier alpha value is -1.35. The maximum Gasteiger partial charge on any atom is 0.415 e. The summed E-state index contributed by atoms with van der Waals surface area (Å²) in [5.41, 5.74) is 2.11. The first-order valence-electron chi connectivity index (χ1n) is 6.65. The molecule has 0 aromatic carbocycles. The van der Waals surface area contributed by atoms with Gasteiger partial charge in [-0.25, -0.2) is 0 Å². The fourth-order valence-electron chi connectivity index (χ4n) is 1.85. The van der Waals surface area contributed by atoms with Crippen molar-refractivity contribution >= 4 is 11.8 Å². The molecule has 2 atom stereocenters. The number of morpholine rings is 1. The Balaban J connectivity index is 2.91. The highest BCUT2D eigenvalue weighted by atomic mass is 19.4. The van der Waals surface area contributed by atoms with E-state index < -0.39 is 29.6 Å². The number of halogens is 3. The van der Waals surface area contributed by atoms with E-state index >= 15 is 0 Å². The Labute approximate surface area is 120 Å². The van der Waals surface area contributed by atoms with Crippen molar-refractivity contribution in [2.24, 2.45) is 5.73 Å². The number of rotatable bonds is 4. The summed E-state index contributed by atoms with van der Waals surface area (Å²) in [5.74, 6) is -1.86. The zero-order valence-electron chi connectivity index (χ0n) is 12.0. The summed E-state index contributed by atoms with van der Waals surface area (Å²) in [6.07, 6.45) is -4.22. The molecule has 1 heterocycles. The molecule has 0 radical (unpaired) electrons. The number of hydrogen-bond donors (Lipinski definition) is 2. The number of carbonyl (C=O) groups excluding carboxylic acids is 2. The van der Waals surface area contributed by atoms with Gasteiger partial charge in [0.15, 0.2) is 5.54 Å². The molecule has 0 spiro atoms. The summed E-state index contributed by atoms with van der Waals surface area (Å²) in [6.45, 7) is 2.63. The molecular formula is C12H20F3N3O3. The molecule has 0 bridgehead atoms. The number of hydrogen-bond acceptors (Lipinski definition) is 4. The number of amides is 2. The van der Waals surface area contributed by atoms with Gasteiger partial charge < -0.3 is 20.7 Å². The molecule has 122 valence electrons. The number of alkyl halides is 3. The van der Waals surface area contributed by atoms with Crippen LogP contribution in [0.1, 0.15) is 20.3 Å². The molecule has 6 nitrogen and oxygen atoms in total. The fourth-order valence-corrected chi connectivity index (χ4v) is 1.85. The highest BCUT2D eigenvalue weighted by molar-refractivity contribution is 5.92. The maximum absolute atomic E-state index is 12.9. The predicted molar refractivity (Wildman–Crippen MR) is 68.3 cm³/mol. The molecule has 3 N–H and O–H groups in total. The minimum absolute atomic E-state index is 0.0667. The molecule has 1 saturated heterocycles. The molecule has 1 rings (SSSR count). The van der Waals surface area contributed by atoms with Crippen LogP contribution in [0.2, 0.25) is 0 Å². The third-order valence-corrected chi connectivity index (χ3v) is 3.27. The van der Waals surface area contributed by atoms with Gasteiger partial charge in [0.05, 0.1) is 13.2 Å². The summed E-state index contributed by atoms with van der Waals surface area (Å²) in [7, 11) is 0. The van der Waals surface area contributed by atoms with Crippen molar-refractivity contribution in [1.82, 2.24) is 10.2 Å². The van der Waals surface area contributed by atoms with Crippen LogP contribution >= 0.6 is 0 Å². The number of nitrogens with zero attached hydrogens (tertiary/aromatic N) is 1. The van der Waals surface area contributed by atoms with Gasteiger partial charge in [-0.2, -0.15) is 13.2 Å². The van der Waals surface area contributed by atoms with Crippen molar-refractivity contribution in [2.75, 3.05) is 26.3 Å². The molecule has 0 saturated carbocycles. The van der Waals surface area contributed by atoms with Crippen molar-refractivity contribution in [2.45, 2.75) is 38.0 Å². The SMILES string of the molecule is CCCNC(=O)C1COCCN1C(=O)C(C)(N)C(F)(F)F. The van der Waals surface area contributed by atoms with Gasteiger partial charge in [-0.15, -0.1) is 0 Å². The van der Waals surface area contributed by atoms with Gasteiger partial charge in [0.2, 0.25) is 5.91 Å². The molecule has 1 fully saturated rings. The number of nitrogens with one attached hydrogen (secondary N) is 1. The molecule has 2 unspecified atom stereocenters. The van der Waals surface area contributed by atoms with Crippen LogP contribution in [0.5, 0.6) is 0 Å². The van der Waals surface area contributed by atoms with Crippen LogP contribution in [0.15, 0.2) is 0 Å². The van der Waals surface area contributed by atoms with E-state index in [0.717, 1.165) is 4.90 Å². The average Bonchev–Trinajstić information content (AvgIpc) is 2.42. The van der Waals surface area contributed by atoms with E-state index in [2.05, 4.69) is 5.32 Å². The molecule has 1 aliphatic rings. The van der Waals surface area contributed by atoms with Crippen molar-refractivity contribution in [3.05, 3.63) is 0 Å². The topological polar surface area (TPSA) is 84.7 Å². The molecule has 9 heteroatoms. The first-order chi connectivity index (χ1) is 9.63. The van der Waals surface area contributed by atoms with Crippen LogP contribution in [0, 0.1) is 0 Å². The minimum Gasteiger partial charge on any atom is -0.377 e. The standard InChI is InChI=1S/C12H20F3N3O3/c1-3-4-17-9(19)8-7-21-6-5-18(8)10(20)11(2,16)12(13,14)15/h8H,3-7,16H2,1-2H3,(H,17,19). The fraction of sp³-hybridized carbons (Fsp3) is 0.833. The second-order valence-corrected chi connectivity index (χ2v) is 5.08. The minimum atomic E-state index is -4.90. The van der Waals surface area contributed by atoms with Gasteiger partial charge >= 0.3 is 6.18 Å². The third kappa shape index (κ3) is 3.85. The van der Waals surface area contributed by atoms with Crippen molar-refractivity contribution in [1.29, 1.82) is 0 Å². The van der Waals surface area contributed by atoms with Crippen LogP contribution in [-0.4, -0.2) is 60.8 Å². The van der Waals surface area contributed by atoms with Gasteiger partial charge in [0.25, 0.3) is 5.91 Å². The van der Waals surface area contributed by atoms with E-state index in [1.165, 1.54) is 0 Å². The average molecular weight is 311 g/mol. The maximum atomic E-state index is 12.9. The Morgan fingerprint density at radius 3 is 2.57 bits per heavy atom. The van der Waals surface area contributed by atoms with Crippen molar-refractivity contribution in [3.8, 4) is 0 Å². The Kier molecular flexibility index (Phi) is 5.57. The van der Waals surface area contributed by atoms with Gasteiger partial charge in [0.1, 0.15) is 6.04 Å². The van der Waals surface area contributed by atoms with Crippen molar-refractivity contribution < 1.29 is 27.5 Å². The van der Waals surface area contributed by atoms with Crippen LogP contribution in [0.4, 0.5) is 13.2 Å². The smallest absolute Gasteiger partial charge is 0.377 e. The lowest BCUT2D eigenvalue weighted by atomic mass is 9.99. The summed E-state index contributed by atoms with van der Waals surface area (Å²) >= 11 is 0. The van der Waals surface area contributed by atoms with E-state index in [1.807, 2.05) is 6.92 Å². The lowest BCUT2D eigenvalue weighted by molar-refractivity contribution is -0.198. The first kappa shape index (κ1) is 17.7. The van der Waals surface area contributed by atoms with Crippen LogP contribution in [0.3, 0.4) is 0 Å². The van der Waals surface area contributed by atoms with E-state index in [-0.39, 0.29) is 19.8 Å². The second-order valence-electron chi connectivity index (χ2n) is 5.08. The third-order valence-electron chi connectivity index (χ3n) is 3.27. The first-order valence-corrected chi connectivity index (χ1v) is 6.65. The quantitative estimate of drug-likeness (QED) is 0.766. The lowest BCUT2D eigenvalue weighted by Crippen LogP contribution is -2.67. The second kappa shape index (κ2) is 6.61. The Morgan fingerprint density at radius 1 is 1.43 bits per heavy atom. The van der Waals surface area contributed by atoms with Gasteiger partial charge in [-0.3, -0.25) is 9.59 Å². The van der Waals surface area contributed by atoms with Crippen molar-refractivity contribution in [3.63, 3.8) is 0 Å². The summed E-state index contributed by atoms with van der Waals surface area (Å²) in [5, 5.41) is 2.54. The number of ether oxygens (including phenoxy) is 1. The molecule has 2 amide bonds. The zero-order valence-corrected chi connectivity index (χ0v) is 12.0. The molecule has 0 aliphatic carbocycles. The van der Waals surface area contributed by atoms with Crippen LogP contribution in [0.25, 0.3) is 0 Å². The monoisotopic (exact) mass is 311 g/mol. The summed E-state index contributed by atoms with van der Waals surface area (Å²) < 4.78 is 43.7. The largest absolute Gasteiger partial charge is 0.415 e. The van der Waals surface area contributed by atoms with E-state index in [0.29, 0.717) is 19.9 Å². The number of carbonyl (C=O) groups is 2. The van der Waals surface area contributed by atoms with Gasteiger partial charge in [-0.1, -0.05) is 6.92 Å². The van der Waals surface area contributed by atoms with Gasteiger partial charge in [-0.05, 0) is 13.3 Å².